The summed E-state index contributed by atoms with van der Waals surface area (Å²) < 4.78 is 68.9. The molecule has 0 aliphatic carbocycles. The highest BCUT2D eigenvalue weighted by atomic mass is 35.5. The average molecular weight is 684 g/mol. The van der Waals surface area contributed by atoms with E-state index in [-0.39, 0.29) is 6.54 Å². The summed E-state index contributed by atoms with van der Waals surface area (Å²) in [7, 11) is -3.92. The topological polar surface area (TPSA) is 84.3 Å². The number of carbonyl (C=O) groups is 1. The molecule has 1 aromatic heterocycles. The van der Waals surface area contributed by atoms with Crippen LogP contribution in [0.15, 0.2) is 97.2 Å². The van der Waals surface area contributed by atoms with Crippen molar-refractivity contribution in [1.29, 1.82) is 0 Å². The van der Waals surface area contributed by atoms with Gasteiger partial charge in [0.1, 0.15) is 12.4 Å². The van der Waals surface area contributed by atoms with E-state index in [0.717, 1.165) is 27.6 Å². The van der Waals surface area contributed by atoms with E-state index in [2.05, 4.69) is 0 Å². The smallest absolute Gasteiger partial charge is 0.326 e. The van der Waals surface area contributed by atoms with Crippen LogP contribution in [-0.4, -0.2) is 30.4 Å². The fourth-order valence-corrected chi connectivity index (χ4v) is 6.64. The van der Waals surface area contributed by atoms with Crippen molar-refractivity contribution in [1.82, 2.24) is 14.3 Å². The molecule has 46 heavy (non-hydrogen) atoms. The molecule has 1 aliphatic heterocycles. The van der Waals surface area contributed by atoms with E-state index in [4.69, 9.17) is 28.2 Å². The molecule has 0 unspecified atom stereocenters. The molecule has 234 valence electrons. The lowest BCUT2D eigenvalue weighted by Gasteiger charge is -2.15. The molecule has 5 aromatic rings. The Morgan fingerprint density at radius 2 is 1.63 bits per heavy atom. The number of rotatable bonds is 7. The number of nitrogens with one attached hydrogen (secondary N) is 1. The van der Waals surface area contributed by atoms with Crippen LogP contribution >= 0.6 is 23.2 Å². The van der Waals surface area contributed by atoms with Crippen molar-refractivity contribution in [2.24, 2.45) is 0 Å². The van der Waals surface area contributed by atoms with Crippen molar-refractivity contribution >= 4 is 57.2 Å². The number of nitrogens with zero attached hydrogens (tertiary/aromatic N) is 3. The molecule has 13 heteroatoms. The van der Waals surface area contributed by atoms with Gasteiger partial charge in [-0.25, -0.2) is 14.0 Å². The fourth-order valence-electron chi connectivity index (χ4n) is 4.99. The van der Waals surface area contributed by atoms with E-state index < -0.39 is 27.9 Å². The Morgan fingerprint density at radius 3 is 2.28 bits per heavy atom. The molecule has 1 saturated heterocycles. The normalized spacial score (nSPS) is 14.6. The number of anilines is 1. The molecular formula is C33H23Cl2F3N4O3S. The van der Waals surface area contributed by atoms with E-state index in [1.54, 1.807) is 72.8 Å². The van der Waals surface area contributed by atoms with Crippen molar-refractivity contribution in [3.8, 4) is 22.4 Å². The van der Waals surface area contributed by atoms with Crippen LogP contribution in [0, 0.1) is 0 Å². The Kier molecular flexibility index (Phi) is 8.41. The molecule has 1 fully saturated rings. The Morgan fingerprint density at radius 1 is 0.891 bits per heavy atom. The maximum atomic E-state index is 13.2. The second kappa shape index (κ2) is 12.3. The highest BCUT2D eigenvalue weighted by Crippen LogP contribution is 2.33. The van der Waals surface area contributed by atoms with Gasteiger partial charge in [-0.2, -0.15) is 21.6 Å². The molecule has 1 aliphatic rings. The van der Waals surface area contributed by atoms with Crippen LogP contribution in [0.2, 0.25) is 10.0 Å². The number of hydrogen-bond acceptors (Lipinski definition) is 4. The Hall–Kier alpha value is -4.58. The molecule has 0 saturated carbocycles. The van der Waals surface area contributed by atoms with Gasteiger partial charge < -0.3 is 4.57 Å². The minimum absolute atomic E-state index is 0.287. The van der Waals surface area contributed by atoms with Gasteiger partial charge >= 0.3 is 16.4 Å². The Balaban J connectivity index is 1.28. The summed E-state index contributed by atoms with van der Waals surface area (Å²) in [5, 5.41) is 0.913. The quantitative estimate of drug-likeness (QED) is 0.189. The number of halogens is 5. The summed E-state index contributed by atoms with van der Waals surface area (Å²) in [5.41, 5.74) is 3.68. The highest BCUT2D eigenvalue weighted by Gasteiger charge is 2.34. The van der Waals surface area contributed by atoms with E-state index in [1.807, 2.05) is 27.6 Å². The SMILES string of the molecule is O=C1CN(c2ccc(Cn3cc(-c4ccc(Cl)cc4Cl)nc3/C=C/c3ccc(-c4cccc(C(F)(F)F)c4)cc3)cc2)S(=O)(=O)N1. The van der Waals surface area contributed by atoms with Crippen LogP contribution in [0.4, 0.5) is 18.9 Å². The number of carbonyl (C=O) groups excluding carboxylic acids is 1. The van der Waals surface area contributed by atoms with Crippen molar-refractivity contribution in [2.45, 2.75) is 12.7 Å². The molecule has 6 rings (SSSR count). The van der Waals surface area contributed by atoms with Gasteiger partial charge in [0, 0.05) is 23.3 Å². The molecule has 1 N–H and O–H groups in total. The predicted molar refractivity (Wildman–Crippen MR) is 173 cm³/mol. The number of hydrogen-bond donors (Lipinski definition) is 1. The molecule has 1 amide bonds. The minimum Gasteiger partial charge on any atom is -0.326 e. The summed E-state index contributed by atoms with van der Waals surface area (Å²) in [6.45, 7) is 0.0842. The molecule has 0 spiro atoms. The monoisotopic (exact) mass is 682 g/mol. The van der Waals surface area contributed by atoms with Crippen molar-refractivity contribution in [2.75, 3.05) is 10.8 Å². The second-order valence-corrected chi connectivity index (χ2v) is 12.9. The fraction of sp³-hybridized carbons (Fsp3) is 0.0909. The van der Waals surface area contributed by atoms with E-state index >= 15 is 0 Å². The van der Waals surface area contributed by atoms with Crippen LogP contribution in [0.1, 0.15) is 22.5 Å². The first-order valence-electron chi connectivity index (χ1n) is 13.8. The van der Waals surface area contributed by atoms with E-state index in [1.165, 1.54) is 6.07 Å². The largest absolute Gasteiger partial charge is 0.416 e. The summed E-state index contributed by atoms with van der Waals surface area (Å²) in [4.78, 5) is 16.4. The maximum absolute atomic E-state index is 13.2. The first-order valence-corrected chi connectivity index (χ1v) is 16.0. The third-order valence-electron chi connectivity index (χ3n) is 7.27. The lowest BCUT2D eigenvalue weighted by Crippen LogP contribution is -2.29. The lowest BCUT2D eigenvalue weighted by atomic mass is 10.0. The standard InChI is InChI=1S/C33H23Cl2F3N4O3S/c34-26-11-14-28(29(35)17-26)30-19-41(18-22-6-12-27(13-7-22)42-20-32(43)40-46(42,44)45)31(39-30)15-8-21-4-9-23(10-5-21)24-2-1-3-25(16-24)33(36,37)38/h1-17,19H,18,20H2,(H,40,43)/b15-8+. The van der Waals surface area contributed by atoms with Crippen LogP contribution in [-0.2, 0) is 27.7 Å². The zero-order valence-electron chi connectivity index (χ0n) is 23.7. The lowest BCUT2D eigenvalue weighted by molar-refractivity contribution is -0.137. The first-order chi connectivity index (χ1) is 21.9. The third-order valence-corrected chi connectivity index (χ3v) is 9.22. The summed E-state index contributed by atoms with van der Waals surface area (Å²) in [6, 6.07) is 24.2. The number of aromatic nitrogens is 2. The van der Waals surface area contributed by atoms with Gasteiger partial charge in [0.15, 0.2) is 0 Å². The van der Waals surface area contributed by atoms with Gasteiger partial charge in [0.05, 0.1) is 22.0 Å². The third kappa shape index (κ3) is 6.81. The maximum Gasteiger partial charge on any atom is 0.416 e. The first kappa shape index (κ1) is 31.4. The molecule has 0 atom stereocenters. The van der Waals surface area contributed by atoms with Gasteiger partial charge in [-0.3, -0.25) is 4.79 Å². The average Bonchev–Trinajstić information content (AvgIpc) is 3.54. The van der Waals surface area contributed by atoms with Gasteiger partial charge in [0.25, 0.3) is 5.91 Å². The van der Waals surface area contributed by atoms with Gasteiger partial charge in [-0.1, -0.05) is 77.8 Å². The van der Waals surface area contributed by atoms with Gasteiger partial charge in [0.2, 0.25) is 0 Å². The second-order valence-electron chi connectivity index (χ2n) is 10.5. The van der Waals surface area contributed by atoms with Crippen molar-refractivity contribution < 1.29 is 26.4 Å². The zero-order chi connectivity index (χ0) is 32.6. The van der Waals surface area contributed by atoms with E-state index in [9.17, 15) is 26.4 Å². The molecule has 0 bridgehead atoms. The van der Waals surface area contributed by atoms with Gasteiger partial charge in [-0.15, -0.1) is 0 Å². The Bertz CT molecular complexity index is 2080. The summed E-state index contributed by atoms with van der Waals surface area (Å²) in [5.74, 6) is -0.0124. The van der Waals surface area contributed by atoms with E-state index in [0.29, 0.717) is 50.5 Å². The van der Waals surface area contributed by atoms with Crippen LogP contribution in [0.3, 0.4) is 0 Å². The van der Waals surface area contributed by atoms with Crippen LogP contribution < -0.4 is 9.03 Å². The molecule has 0 radical (unpaired) electrons. The molecular weight excluding hydrogens is 660 g/mol. The van der Waals surface area contributed by atoms with Crippen LogP contribution in [0.25, 0.3) is 34.5 Å². The van der Waals surface area contributed by atoms with Crippen molar-refractivity contribution in [3.63, 3.8) is 0 Å². The summed E-state index contributed by atoms with van der Waals surface area (Å²) >= 11 is 12.6. The highest BCUT2D eigenvalue weighted by molar-refractivity contribution is 7.92. The molecule has 4 aromatic carbocycles. The van der Waals surface area contributed by atoms with Crippen molar-refractivity contribution in [3.05, 3.63) is 130 Å². The Labute approximate surface area is 272 Å². The molecule has 7 nitrogen and oxygen atoms in total. The van der Waals surface area contributed by atoms with Gasteiger partial charge in [-0.05, 0) is 70.8 Å². The number of amides is 1. The number of benzene rings is 4. The predicted octanol–water partition coefficient (Wildman–Crippen LogP) is 7.94. The summed E-state index contributed by atoms with van der Waals surface area (Å²) in [6.07, 6.45) is 1.07. The molecule has 2 heterocycles. The number of imidazole rings is 1. The minimum atomic E-state index is -4.43. The van der Waals surface area contributed by atoms with Crippen LogP contribution in [0.5, 0.6) is 0 Å². The number of alkyl halides is 3. The zero-order valence-corrected chi connectivity index (χ0v) is 26.0.